The van der Waals surface area contributed by atoms with Crippen molar-refractivity contribution in [2.45, 2.75) is 18.8 Å². The molecule has 0 heterocycles. The molecule has 0 fully saturated rings. The maximum Gasteiger partial charge on any atom is 0.525 e. The van der Waals surface area contributed by atoms with Gasteiger partial charge >= 0.3 is 18.8 Å². The Labute approximate surface area is 101 Å². The summed E-state index contributed by atoms with van der Waals surface area (Å²) in [7, 11) is 0. The van der Waals surface area contributed by atoms with Crippen molar-refractivity contribution in [2.75, 3.05) is 5.73 Å². The quantitative estimate of drug-likeness (QED) is 0.685. The standard InChI is InChI=1S/C9H6F7NO2/c10-5-3-4(1-2-6(5)17)18-8(12,13)7(11)19-9(14,15)16/h1-3,7H,17H2. The van der Waals surface area contributed by atoms with Gasteiger partial charge in [0, 0.05) is 6.07 Å². The number of anilines is 1. The number of ether oxygens (including phenoxy) is 2. The Hall–Kier alpha value is -1.71. The number of halogens is 7. The van der Waals surface area contributed by atoms with Crippen LogP contribution in [0.1, 0.15) is 0 Å². The zero-order valence-corrected chi connectivity index (χ0v) is 8.85. The first-order valence-electron chi connectivity index (χ1n) is 4.52. The summed E-state index contributed by atoms with van der Waals surface area (Å²) in [6, 6.07) is 1.91. The van der Waals surface area contributed by atoms with Crippen molar-refractivity contribution in [1.29, 1.82) is 0 Å². The highest BCUT2D eigenvalue weighted by Gasteiger charge is 2.50. The van der Waals surface area contributed by atoms with E-state index in [9.17, 15) is 30.7 Å². The molecule has 0 aromatic heterocycles. The van der Waals surface area contributed by atoms with Crippen molar-refractivity contribution in [3.8, 4) is 5.75 Å². The Morgan fingerprint density at radius 1 is 1.11 bits per heavy atom. The van der Waals surface area contributed by atoms with Gasteiger partial charge in [0.2, 0.25) is 0 Å². The third kappa shape index (κ3) is 4.47. The SMILES string of the molecule is Nc1ccc(OC(F)(F)C(F)OC(F)(F)F)cc1F. The molecule has 0 aliphatic carbocycles. The number of alkyl halides is 6. The summed E-state index contributed by atoms with van der Waals surface area (Å²) in [6.45, 7) is 0. The highest BCUT2D eigenvalue weighted by atomic mass is 19.4. The fourth-order valence-electron chi connectivity index (χ4n) is 0.961. The van der Waals surface area contributed by atoms with Gasteiger partial charge < -0.3 is 10.5 Å². The molecule has 10 heteroatoms. The minimum Gasteiger partial charge on any atom is -0.428 e. The molecule has 3 nitrogen and oxygen atoms in total. The zero-order chi connectivity index (χ0) is 14.8. The molecule has 0 bridgehead atoms. The van der Waals surface area contributed by atoms with Crippen molar-refractivity contribution >= 4 is 5.69 Å². The summed E-state index contributed by atoms with van der Waals surface area (Å²) in [6.07, 6.45) is -14.7. The van der Waals surface area contributed by atoms with Gasteiger partial charge in [-0.15, -0.1) is 13.2 Å². The summed E-state index contributed by atoms with van der Waals surface area (Å²) >= 11 is 0. The van der Waals surface area contributed by atoms with Crippen LogP contribution in [0.5, 0.6) is 5.75 Å². The van der Waals surface area contributed by atoms with Crippen LogP contribution >= 0.6 is 0 Å². The molecule has 0 aliphatic rings. The third-order valence-electron chi connectivity index (χ3n) is 1.73. The second-order valence-electron chi connectivity index (χ2n) is 3.23. The fourth-order valence-corrected chi connectivity index (χ4v) is 0.961. The maximum atomic E-state index is 12.9. The first kappa shape index (κ1) is 15.3. The molecule has 1 unspecified atom stereocenters. The van der Waals surface area contributed by atoms with E-state index in [4.69, 9.17) is 5.73 Å². The van der Waals surface area contributed by atoms with Gasteiger partial charge in [-0.3, -0.25) is 0 Å². The molecule has 0 radical (unpaired) electrons. The van der Waals surface area contributed by atoms with E-state index in [-0.39, 0.29) is 0 Å². The van der Waals surface area contributed by atoms with Crippen molar-refractivity contribution < 1.29 is 40.2 Å². The molecule has 1 aromatic carbocycles. The summed E-state index contributed by atoms with van der Waals surface area (Å²) in [5.74, 6) is -2.06. The lowest BCUT2D eigenvalue weighted by Crippen LogP contribution is -2.41. The van der Waals surface area contributed by atoms with Crippen LogP contribution in [0.2, 0.25) is 0 Å². The summed E-state index contributed by atoms with van der Waals surface area (Å²) in [5, 5.41) is 0. The van der Waals surface area contributed by atoms with Gasteiger partial charge in [0.05, 0.1) is 5.69 Å². The molecule has 0 aliphatic heterocycles. The van der Waals surface area contributed by atoms with E-state index in [0.717, 1.165) is 12.1 Å². The van der Waals surface area contributed by atoms with E-state index in [1.54, 1.807) is 0 Å². The summed E-state index contributed by atoms with van der Waals surface area (Å²) in [5.41, 5.74) is 4.63. The number of nitrogen functional groups attached to an aromatic ring is 1. The Morgan fingerprint density at radius 2 is 1.68 bits per heavy atom. The lowest BCUT2D eigenvalue weighted by molar-refractivity contribution is -0.411. The normalized spacial score (nSPS) is 14.3. The molecule has 2 N–H and O–H groups in total. The average Bonchev–Trinajstić information content (AvgIpc) is 2.20. The number of rotatable bonds is 4. The van der Waals surface area contributed by atoms with Gasteiger partial charge in [0.25, 0.3) is 0 Å². The Bertz CT molecular complexity index is 449. The van der Waals surface area contributed by atoms with Crippen LogP contribution in [0.4, 0.5) is 36.4 Å². The predicted octanol–water partition coefficient (Wildman–Crippen LogP) is 3.21. The molecule has 1 atom stereocenters. The van der Waals surface area contributed by atoms with Crippen molar-refractivity contribution in [2.24, 2.45) is 0 Å². The van der Waals surface area contributed by atoms with Gasteiger partial charge in [-0.25, -0.2) is 13.5 Å². The molecular weight excluding hydrogens is 287 g/mol. The van der Waals surface area contributed by atoms with Crippen LogP contribution in [-0.4, -0.2) is 18.8 Å². The molecule has 1 aromatic rings. The van der Waals surface area contributed by atoms with Crippen LogP contribution in [0.25, 0.3) is 0 Å². The summed E-state index contributed by atoms with van der Waals surface area (Å²) < 4.78 is 92.0. The van der Waals surface area contributed by atoms with Gasteiger partial charge in [-0.2, -0.15) is 8.78 Å². The van der Waals surface area contributed by atoms with Crippen molar-refractivity contribution in [3.05, 3.63) is 24.0 Å². The smallest absolute Gasteiger partial charge is 0.428 e. The summed E-state index contributed by atoms with van der Waals surface area (Å²) in [4.78, 5) is 0. The zero-order valence-electron chi connectivity index (χ0n) is 8.85. The molecule has 0 spiro atoms. The number of hydrogen-bond donors (Lipinski definition) is 1. The minimum atomic E-state index is -5.61. The Morgan fingerprint density at radius 3 is 2.16 bits per heavy atom. The van der Waals surface area contributed by atoms with E-state index in [1.807, 2.05) is 0 Å². The fraction of sp³-hybridized carbons (Fsp3) is 0.333. The molecule has 0 saturated carbocycles. The molecule has 19 heavy (non-hydrogen) atoms. The highest BCUT2D eigenvalue weighted by Crippen LogP contribution is 2.32. The van der Waals surface area contributed by atoms with E-state index in [1.165, 1.54) is 0 Å². The monoisotopic (exact) mass is 293 g/mol. The van der Waals surface area contributed by atoms with Crippen LogP contribution in [0.3, 0.4) is 0 Å². The lowest BCUT2D eigenvalue weighted by atomic mass is 10.3. The molecule has 0 amide bonds. The maximum absolute atomic E-state index is 12.9. The van der Waals surface area contributed by atoms with Crippen LogP contribution in [0.15, 0.2) is 18.2 Å². The largest absolute Gasteiger partial charge is 0.525 e. The highest BCUT2D eigenvalue weighted by molar-refractivity contribution is 5.43. The van der Waals surface area contributed by atoms with E-state index >= 15 is 0 Å². The van der Waals surface area contributed by atoms with Gasteiger partial charge in [0.1, 0.15) is 11.6 Å². The second-order valence-corrected chi connectivity index (χ2v) is 3.23. The van der Waals surface area contributed by atoms with Crippen LogP contribution in [-0.2, 0) is 4.74 Å². The van der Waals surface area contributed by atoms with Crippen LogP contribution < -0.4 is 10.5 Å². The van der Waals surface area contributed by atoms with Gasteiger partial charge in [-0.1, -0.05) is 0 Å². The van der Waals surface area contributed by atoms with Crippen LogP contribution in [0, 0.1) is 5.82 Å². The predicted molar refractivity (Wildman–Crippen MR) is 48.4 cm³/mol. The van der Waals surface area contributed by atoms with Crippen molar-refractivity contribution in [3.63, 3.8) is 0 Å². The molecule has 108 valence electrons. The molecule has 1 rings (SSSR count). The van der Waals surface area contributed by atoms with E-state index in [0.29, 0.717) is 6.07 Å². The van der Waals surface area contributed by atoms with Gasteiger partial charge in [-0.05, 0) is 12.1 Å². The third-order valence-corrected chi connectivity index (χ3v) is 1.73. The Balaban J connectivity index is 2.80. The first-order valence-corrected chi connectivity index (χ1v) is 4.52. The lowest BCUT2D eigenvalue weighted by Gasteiger charge is -2.22. The molecule has 0 saturated heterocycles. The van der Waals surface area contributed by atoms with Gasteiger partial charge in [0.15, 0.2) is 0 Å². The topological polar surface area (TPSA) is 44.5 Å². The minimum absolute atomic E-state index is 0.365. The van der Waals surface area contributed by atoms with Crippen molar-refractivity contribution in [1.82, 2.24) is 0 Å². The number of hydrogen-bond acceptors (Lipinski definition) is 3. The second kappa shape index (κ2) is 5.11. The Kier molecular flexibility index (Phi) is 4.13. The number of nitrogens with two attached hydrogens (primary N) is 1. The molecular formula is C9H6F7NO2. The average molecular weight is 293 g/mol. The van der Waals surface area contributed by atoms with E-state index < -0.39 is 36.1 Å². The first-order chi connectivity index (χ1) is 8.51. The number of benzene rings is 1. The van der Waals surface area contributed by atoms with E-state index in [2.05, 4.69) is 9.47 Å².